The van der Waals surface area contributed by atoms with Crippen LogP contribution in [-0.2, 0) is 7.05 Å². The molecular weight excluding hydrogens is 276 g/mol. The highest BCUT2D eigenvalue weighted by Crippen LogP contribution is 2.19. The zero-order valence-electron chi connectivity index (χ0n) is 12.0. The van der Waals surface area contributed by atoms with Crippen LogP contribution in [-0.4, -0.2) is 20.4 Å². The average molecular weight is 290 g/mol. The standard InChI is InChI=1S/C17H14N4O/c1-21-10-19-15-9-13(4-5-16(15)21)20-17(22)12-3-2-11-6-7-18-14(11)8-12/h2-10,18H,1H3,(H,20,22). The summed E-state index contributed by atoms with van der Waals surface area (Å²) < 4.78 is 1.94. The Kier molecular flexibility index (Phi) is 2.72. The van der Waals surface area contributed by atoms with Crippen molar-refractivity contribution in [2.45, 2.75) is 0 Å². The first-order valence-electron chi connectivity index (χ1n) is 7.00. The molecule has 4 aromatic rings. The molecule has 2 N–H and O–H groups in total. The van der Waals surface area contributed by atoms with E-state index < -0.39 is 0 Å². The van der Waals surface area contributed by atoms with E-state index >= 15 is 0 Å². The first-order valence-corrected chi connectivity index (χ1v) is 7.00. The van der Waals surface area contributed by atoms with E-state index in [4.69, 9.17) is 0 Å². The number of nitrogens with one attached hydrogen (secondary N) is 2. The van der Waals surface area contributed by atoms with Gasteiger partial charge in [0.1, 0.15) is 0 Å². The van der Waals surface area contributed by atoms with E-state index in [0.717, 1.165) is 27.6 Å². The molecule has 4 rings (SSSR count). The lowest BCUT2D eigenvalue weighted by atomic mass is 10.1. The van der Waals surface area contributed by atoms with Crippen LogP contribution in [0.5, 0.6) is 0 Å². The van der Waals surface area contributed by atoms with Crippen molar-refractivity contribution in [3.63, 3.8) is 0 Å². The van der Waals surface area contributed by atoms with Gasteiger partial charge in [-0.15, -0.1) is 0 Å². The minimum atomic E-state index is -0.133. The van der Waals surface area contributed by atoms with Crippen molar-refractivity contribution in [2.75, 3.05) is 5.32 Å². The Hall–Kier alpha value is -3.08. The van der Waals surface area contributed by atoms with Gasteiger partial charge in [0.05, 0.1) is 17.4 Å². The molecule has 0 saturated carbocycles. The number of benzene rings is 2. The number of nitrogens with zero attached hydrogens (tertiary/aromatic N) is 2. The molecule has 2 aromatic carbocycles. The fraction of sp³-hybridized carbons (Fsp3) is 0.0588. The van der Waals surface area contributed by atoms with Crippen LogP contribution in [0.2, 0.25) is 0 Å². The molecular formula is C17H14N4O. The van der Waals surface area contributed by atoms with E-state index in [2.05, 4.69) is 15.3 Å². The van der Waals surface area contributed by atoms with Crippen LogP contribution >= 0.6 is 0 Å². The van der Waals surface area contributed by atoms with Crippen molar-refractivity contribution in [3.05, 3.63) is 60.6 Å². The van der Waals surface area contributed by atoms with Crippen molar-refractivity contribution in [1.29, 1.82) is 0 Å². The highest BCUT2D eigenvalue weighted by Gasteiger charge is 2.08. The zero-order chi connectivity index (χ0) is 15.1. The molecule has 1 amide bonds. The Morgan fingerprint density at radius 3 is 3.00 bits per heavy atom. The Labute approximate surface area is 126 Å². The van der Waals surface area contributed by atoms with E-state index in [1.807, 2.05) is 60.3 Å². The second-order valence-electron chi connectivity index (χ2n) is 5.29. The molecule has 0 bridgehead atoms. The van der Waals surface area contributed by atoms with Crippen molar-refractivity contribution in [3.8, 4) is 0 Å². The molecule has 108 valence electrons. The molecule has 0 aliphatic carbocycles. The van der Waals surface area contributed by atoms with E-state index in [1.54, 1.807) is 6.33 Å². The molecule has 0 fully saturated rings. The number of anilines is 1. The summed E-state index contributed by atoms with van der Waals surface area (Å²) in [7, 11) is 1.94. The number of hydrogen-bond donors (Lipinski definition) is 2. The van der Waals surface area contributed by atoms with Gasteiger partial charge in [-0.05, 0) is 41.8 Å². The normalized spacial score (nSPS) is 11.1. The van der Waals surface area contributed by atoms with Gasteiger partial charge in [0.2, 0.25) is 0 Å². The molecule has 5 nitrogen and oxygen atoms in total. The van der Waals surface area contributed by atoms with E-state index in [1.165, 1.54) is 0 Å². The number of carbonyl (C=O) groups is 1. The molecule has 2 heterocycles. The van der Waals surface area contributed by atoms with Gasteiger partial charge in [0, 0.05) is 30.0 Å². The quantitative estimate of drug-likeness (QED) is 0.595. The minimum absolute atomic E-state index is 0.133. The molecule has 22 heavy (non-hydrogen) atoms. The number of H-pyrrole nitrogens is 1. The van der Waals surface area contributed by atoms with Gasteiger partial charge in [-0.1, -0.05) is 6.07 Å². The predicted molar refractivity (Wildman–Crippen MR) is 87.0 cm³/mol. The highest BCUT2D eigenvalue weighted by molar-refractivity contribution is 6.06. The summed E-state index contributed by atoms with van der Waals surface area (Å²) in [5.74, 6) is -0.133. The van der Waals surface area contributed by atoms with Crippen molar-refractivity contribution < 1.29 is 4.79 Å². The molecule has 2 aromatic heterocycles. The summed E-state index contributed by atoms with van der Waals surface area (Å²) in [6.45, 7) is 0. The highest BCUT2D eigenvalue weighted by atomic mass is 16.1. The Morgan fingerprint density at radius 1 is 1.18 bits per heavy atom. The summed E-state index contributed by atoms with van der Waals surface area (Å²) in [5.41, 5.74) is 4.21. The molecule has 0 unspecified atom stereocenters. The number of aromatic nitrogens is 3. The fourth-order valence-electron chi connectivity index (χ4n) is 2.61. The Bertz CT molecular complexity index is 996. The maximum Gasteiger partial charge on any atom is 0.255 e. The van der Waals surface area contributed by atoms with Crippen LogP contribution in [0.1, 0.15) is 10.4 Å². The lowest BCUT2D eigenvalue weighted by Gasteiger charge is -2.06. The van der Waals surface area contributed by atoms with E-state index in [0.29, 0.717) is 5.56 Å². The summed E-state index contributed by atoms with van der Waals surface area (Å²) >= 11 is 0. The number of rotatable bonds is 2. The minimum Gasteiger partial charge on any atom is -0.361 e. The van der Waals surface area contributed by atoms with Gasteiger partial charge in [-0.2, -0.15) is 0 Å². The smallest absolute Gasteiger partial charge is 0.255 e. The monoisotopic (exact) mass is 290 g/mol. The van der Waals surface area contributed by atoms with Crippen LogP contribution in [0.15, 0.2) is 55.0 Å². The summed E-state index contributed by atoms with van der Waals surface area (Å²) in [6.07, 6.45) is 3.62. The molecule has 0 saturated heterocycles. The van der Waals surface area contributed by atoms with Crippen LogP contribution in [0.25, 0.3) is 21.9 Å². The number of aromatic amines is 1. The number of hydrogen-bond acceptors (Lipinski definition) is 2. The van der Waals surface area contributed by atoms with Crippen LogP contribution < -0.4 is 5.32 Å². The molecule has 0 atom stereocenters. The zero-order valence-corrected chi connectivity index (χ0v) is 12.0. The van der Waals surface area contributed by atoms with Crippen molar-refractivity contribution >= 4 is 33.5 Å². The van der Waals surface area contributed by atoms with E-state index in [9.17, 15) is 4.79 Å². The fourth-order valence-corrected chi connectivity index (χ4v) is 2.61. The number of amides is 1. The summed E-state index contributed by atoms with van der Waals surface area (Å²) in [6, 6.07) is 13.3. The summed E-state index contributed by atoms with van der Waals surface area (Å²) in [4.78, 5) is 19.8. The third kappa shape index (κ3) is 2.03. The third-order valence-corrected chi connectivity index (χ3v) is 3.80. The van der Waals surface area contributed by atoms with Crippen LogP contribution in [0.4, 0.5) is 5.69 Å². The number of aryl methyl sites for hydroxylation is 1. The maximum atomic E-state index is 12.4. The third-order valence-electron chi connectivity index (χ3n) is 3.80. The van der Waals surface area contributed by atoms with Crippen LogP contribution in [0.3, 0.4) is 0 Å². The van der Waals surface area contributed by atoms with Gasteiger partial charge >= 0.3 is 0 Å². The number of fused-ring (bicyclic) bond motifs is 2. The molecule has 5 heteroatoms. The molecule has 0 radical (unpaired) electrons. The molecule has 0 aliphatic rings. The number of imidazole rings is 1. The first kappa shape index (κ1) is 12.6. The molecule has 0 aliphatic heterocycles. The van der Waals surface area contributed by atoms with Gasteiger partial charge in [0.15, 0.2) is 0 Å². The lowest BCUT2D eigenvalue weighted by Crippen LogP contribution is -2.11. The Morgan fingerprint density at radius 2 is 2.09 bits per heavy atom. The van der Waals surface area contributed by atoms with Gasteiger partial charge in [0.25, 0.3) is 5.91 Å². The van der Waals surface area contributed by atoms with Crippen molar-refractivity contribution in [2.24, 2.45) is 7.05 Å². The summed E-state index contributed by atoms with van der Waals surface area (Å²) in [5, 5.41) is 4.00. The van der Waals surface area contributed by atoms with Gasteiger partial charge < -0.3 is 14.9 Å². The second-order valence-corrected chi connectivity index (χ2v) is 5.29. The topological polar surface area (TPSA) is 62.7 Å². The maximum absolute atomic E-state index is 12.4. The van der Waals surface area contributed by atoms with Gasteiger partial charge in [-0.25, -0.2) is 4.98 Å². The molecule has 0 spiro atoms. The van der Waals surface area contributed by atoms with Crippen LogP contribution in [0, 0.1) is 0 Å². The first-order chi connectivity index (χ1) is 10.7. The Balaban J connectivity index is 1.64. The van der Waals surface area contributed by atoms with E-state index in [-0.39, 0.29) is 5.91 Å². The lowest BCUT2D eigenvalue weighted by molar-refractivity contribution is 0.102. The SMILES string of the molecule is Cn1cnc2cc(NC(=O)c3ccc4cc[nH]c4c3)ccc21. The number of carbonyl (C=O) groups excluding carboxylic acids is 1. The average Bonchev–Trinajstić information content (AvgIpc) is 3.13. The second kappa shape index (κ2) is 4.73. The van der Waals surface area contributed by atoms with Crippen molar-refractivity contribution in [1.82, 2.24) is 14.5 Å². The van der Waals surface area contributed by atoms with Gasteiger partial charge in [-0.3, -0.25) is 4.79 Å². The largest absolute Gasteiger partial charge is 0.361 e. The predicted octanol–water partition coefficient (Wildman–Crippen LogP) is 3.31.